The molecule has 1 aromatic heterocycles. The molecule has 0 aliphatic carbocycles. The average molecular weight is 508 g/mol. The number of aromatic nitrogens is 1. The van der Waals surface area contributed by atoms with Crippen LogP contribution in [0.15, 0.2) is 40.9 Å². The van der Waals surface area contributed by atoms with E-state index in [1.54, 1.807) is 0 Å². The highest BCUT2D eigenvalue weighted by Gasteiger charge is 2.26. The fourth-order valence-electron chi connectivity index (χ4n) is 2.92. The van der Waals surface area contributed by atoms with Crippen LogP contribution in [0.25, 0.3) is 10.2 Å². The smallest absolute Gasteiger partial charge is 0.277 e. The molecule has 162 valence electrons. The number of nitrogens with zero attached hydrogens (tertiary/aromatic N) is 5. The molecule has 0 radical (unpaired) electrons. The predicted octanol–water partition coefficient (Wildman–Crippen LogP) is 4.47. The predicted molar refractivity (Wildman–Crippen MR) is 122 cm³/mol. The summed E-state index contributed by atoms with van der Waals surface area (Å²) in [6, 6.07) is 8.49. The second kappa shape index (κ2) is 9.45. The number of nitro benzene ring substituents is 2. The number of hydrogen-bond donors (Lipinski definition) is 0. The molecule has 12 heteroatoms. The molecule has 0 aliphatic rings. The van der Waals surface area contributed by atoms with E-state index in [-0.39, 0.29) is 5.56 Å². The molecule has 1 amide bonds. The minimum atomic E-state index is -0.755. The maximum Gasteiger partial charge on any atom is 0.277 e. The van der Waals surface area contributed by atoms with Gasteiger partial charge in [0.15, 0.2) is 5.13 Å². The van der Waals surface area contributed by atoms with Crippen LogP contribution in [-0.4, -0.2) is 52.8 Å². The van der Waals surface area contributed by atoms with Crippen LogP contribution in [0.4, 0.5) is 16.5 Å². The second-order valence-electron chi connectivity index (χ2n) is 6.97. The Balaban J connectivity index is 2.04. The molecule has 0 atom stereocenters. The zero-order valence-electron chi connectivity index (χ0n) is 16.6. The van der Waals surface area contributed by atoms with E-state index in [1.807, 2.05) is 37.2 Å². The quantitative estimate of drug-likeness (QED) is 0.325. The minimum Gasteiger partial charge on any atom is -0.309 e. The summed E-state index contributed by atoms with van der Waals surface area (Å²) in [5, 5.41) is 22.9. The summed E-state index contributed by atoms with van der Waals surface area (Å²) in [4.78, 5) is 42.2. The van der Waals surface area contributed by atoms with Gasteiger partial charge in [-0.1, -0.05) is 27.3 Å². The highest BCUT2D eigenvalue weighted by Crippen LogP contribution is 2.32. The van der Waals surface area contributed by atoms with Crippen molar-refractivity contribution in [3.05, 3.63) is 66.7 Å². The number of non-ortho nitro benzene ring substituents is 2. The van der Waals surface area contributed by atoms with Gasteiger partial charge in [-0.25, -0.2) is 4.98 Å². The van der Waals surface area contributed by atoms with Gasteiger partial charge in [0.2, 0.25) is 0 Å². The summed E-state index contributed by atoms with van der Waals surface area (Å²) < 4.78 is 1.73. The van der Waals surface area contributed by atoms with E-state index >= 15 is 0 Å². The summed E-state index contributed by atoms with van der Waals surface area (Å²) >= 11 is 4.72. The molecule has 0 fully saturated rings. The largest absolute Gasteiger partial charge is 0.309 e. The molecule has 0 unspecified atom stereocenters. The Morgan fingerprint density at radius 3 is 2.29 bits per heavy atom. The number of amides is 1. The normalized spacial score (nSPS) is 11.1. The second-order valence-corrected chi connectivity index (χ2v) is 8.90. The summed E-state index contributed by atoms with van der Waals surface area (Å²) in [6.07, 6.45) is 0.620. The molecule has 0 spiro atoms. The summed E-state index contributed by atoms with van der Waals surface area (Å²) in [6.45, 7) is 1.00. The van der Waals surface area contributed by atoms with Crippen LogP contribution in [-0.2, 0) is 0 Å². The minimum absolute atomic E-state index is 0.133. The number of fused-ring (bicyclic) bond motifs is 1. The third kappa shape index (κ3) is 5.40. The van der Waals surface area contributed by atoms with Crippen molar-refractivity contribution >= 4 is 59.9 Å². The van der Waals surface area contributed by atoms with Crippen LogP contribution in [0, 0.1) is 20.2 Å². The fraction of sp³-hybridized carbons (Fsp3) is 0.263. The molecule has 0 saturated carbocycles. The lowest BCUT2D eigenvalue weighted by Gasteiger charge is -2.21. The van der Waals surface area contributed by atoms with Crippen molar-refractivity contribution in [3.8, 4) is 0 Å². The highest BCUT2D eigenvalue weighted by atomic mass is 79.9. The van der Waals surface area contributed by atoms with Crippen molar-refractivity contribution in [1.29, 1.82) is 0 Å². The van der Waals surface area contributed by atoms with Gasteiger partial charge in [0.05, 0.1) is 31.7 Å². The molecule has 0 aliphatic heterocycles. The number of rotatable bonds is 8. The lowest BCUT2D eigenvalue weighted by atomic mass is 10.1. The van der Waals surface area contributed by atoms with Gasteiger partial charge >= 0.3 is 0 Å². The first-order chi connectivity index (χ1) is 14.7. The number of benzene rings is 2. The number of carbonyl (C=O) groups excluding carboxylic acids is 1. The van der Waals surface area contributed by atoms with Crippen LogP contribution in [0.3, 0.4) is 0 Å². The molecule has 0 saturated heterocycles. The molecular weight excluding hydrogens is 490 g/mol. The molecule has 3 aromatic rings. The first-order valence-corrected chi connectivity index (χ1v) is 10.7. The standard InChI is InChI=1S/C19H18BrN5O5S/c1-22(2)6-3-7-23(19-21-16-5-4-13(20)10-17(16)31-19)18(26)12-8-14(24(27)28)11-15(9-12)25(29)30/h4-5,8-11H,3,6-7H2,1-2H3. The Kier molecular flexibility index (Phi) is 6.93. The van der Waals surface area contributed by atoms with Gasteiger partial charge in [-0.05, 0) is 45.3 Å². The summed E-state index contributed by atoms with van der Waals surface area (Å²) in [7, 11) is 3.82. The van der Waals surface area contributed by atoms with Crippen molar-refractivity contribution in [2.75, 3.05) is 32.1 Å². The Hall–Kier alpha value is -2.96. The third-order valence-corrected chi connectivity index (χ3v) is 5.91. The first-order valence-electron chi connectivity index (χ1n) is 9.12. The van der Waals surface area contributed by atoms with Crippen LogP contribution in [0.2, 0.25) is 0 Å². The first kappa shape index (κ1) is 22.7. The van der Waals surface area contributed by atoms with Gasteiger partial charge in [-0.2, -0.15) is 0 Å². The van der Waals surface area contributed by atoms with Crippen LogP contribution in [0.1, 0.15) is 16.8 Å². The molecule has 10 nitrogen and oxygen atoms in total. The van der Waals surface area contributed by atoms with E-state index < -0.39 is 27.1 Å². The number of halogens is 1. The molecule has 0 bridgehead atoms. The SMILES string of the molecule is CN(C)CCCN(C(=O)c1cc([N+](=O)[O-])cc([N+](=O)[O-])c1)c1nc2ccc(Br)cc2s1. The Bertz CT molecular complexity index is 1130. The van der Waals surface area contributed by atoms with Crippen molar-refractivity contribution < 1.29 is 14.6 Å². The zero-order valence-corrected chi connectivity index (χ0v) is 19.1. The topological polar surface area (TPSA) is 123 Å². The van der Waals surface area contributed by atoms with E-state index in [0.717, 1.165) is 27.4 Å². The fourth-order valence-corrected chi connectivity index (χ4v) is 4.46. The van der Waals surface area contributed by atoms with Gasteiger partial charge < -0.3 is 4.90 Å². The van der Waals surface area contributed by atoms with Crippen molar-refractivity contribution in [3.63, 3.8) is 0 Å². The monoisotopic (exact) mass is 507 g/mol. The van der Waals surface area contributed by atoms with Gasteiger partial charge in [-0.3, -0.25) is 29.9 Å². The van der Waals surface area contributed by atoms with E-state index in [9.17, 15) is 25.0 Å². The molecule has 1 heterocycles. The van der Waals surface area contributed by atoms with Gasteiger partial charge in [-0.15, -0.1) is 0 Å². The number of hydrogen-bond acceptors (Lipinski definition) is 8. The Morgan fingerprint density at radius 2 is 1.71 bits per heavy atom. The third-order valence-electron chi connectivity index (χ3n) is 4.37. The average Bonchev–Trinajstić information content (AvgIpc) is 3.12. The maximum atomic E-state index is 13.3. The molecule has 2 aromatic carbocycles. The number of thiazole rings is 1. The van der Waals surface area contributed by atoms with Crippen molar-refractivity contribution in [2.24, 2.45) is 0 Å². The van der Waals surface area contributed by atoms with Gasteiger partial charge in [0, 0.05) is 23.2 Å². The van der Waals surface area contributed by atoms with E-state index in [4.69, 9.17) is 0 Å². The summed E-state index contributed by atoms with van der Waals surface area (Å²) in [5.41, 5.74) is -0.456. The van der Waals surface area contributed by atoms with Crippen LogP contribution in [0.5, 0.6) is 0 Å². The lowest BCUT2D eigenvalue weighted by molar-refractivity contribution is -0.394. The molecular formula is C19H18BrN5O5S. The number of carbonyl (C=O) groups is 1. The van der Waals surface area contributed by atoms with E-state index in [0.29, 0.717) is 30.2 Å². The van der Waals surface area contributed by atoms with Crippen LogP contribution < -0.4 is 4.90 Å². The van der Waals surface area contributed by atoms with Gasteiger partial charge in [0.1, 0.15) is 0 Å². The maximum absolute atomic E-state index is 13.3. The Labute approximate surface area is 189 Å². The zero-order chi connectivity index (χ0) is 22.7. The van der Waals surface area contributed by atoms with Crippen molar-refractivity contribution in [2.45, 2.75) is 6.42 Å². The molecule has 0 N–H and O–H groups in total. The van der Waals surface area contributed by atoms with Crippen molar-refractivity contribution in [1.82, 2.24) is 9.88 Å². The van der Waals surface area contributed by atoms with Gasteiger partial charge in [0.25, 0.3) is 17.3 Å². The van der Waals surface area contributed by atoms with E-state index in [2.05, 4.69) is 20.9 Å². The number of anilines is 1. The molecule has 31 heavy (non-hydrogen) atoms. The molecule has 3 rings (SSSR count). The lowest BCUT2D eigenvalue weighted by Crippen LogP contribution is -2.33. The Morgan fingerprint density at radius 1 is 1.06 bits per heavy atom. The van der Waals surface area contributed by atoms with E-state index in [1.165, 1.54) is 16.2 Å². The highest BCUT2D eigenvalue weighted by molar-refractivity contribution is 9.10. The van der Waals surface area contributed by atoms with Crippen LogP contribution >= 0.6 is 27.3 Å². The number of nitro groups is 2. The summed E-state index contributed by atoms with van der Waals surface area (Å²) in [5.74, 6) is -0.580.